The van der Waals surface area contributed by atoms with Crippen LogP contribution in [-0.4, -0.2) is 6.54 Å². The van der Waals surface area contributed by atoms with Gasteiger partial charge in [-0.2, -0.15) is 0 Å². The highest BCUT2D eigenvalue weighted by Gasteiger charge is 2.14. The van der Waals surface area contributed by atoms with E-state index >= 15 is 0 Å². The number of benzene rings is 1. The van der Waals surface area contributed by atoms with Crippen LogP contribution in [0, 0.1) is 0 Å². The molecule has 1 aliphatic rings. The zero-order chi connectivity index (χ0) is 6.97. The second-order valence-corrected chi connectivity index (χ2v) is 3.07. The van der Waals surface area contributed by atoms with Crippen LogP contribution in [0.2, 0.25) is 0 Å². The Morgan fingerprint density at radius 1 is 1.30 bits per heavy atom. The van der Waals surface area contributed by atoms with Gasteiger partial charge in [-0.05, 0) is 6.07 Å². The van der Waals surface area contributed by atoms with Gasteiger partial charge in [-0.1, -0.05) is 18.2 Å². The Morgan fingerprint density at radius 2 is 2.10 bits per heavy atom. The zero-order valence-electron chi connectivity index (χ0n) is 5.63. The molecular weight excluding hydrogens is 142 g/mol. The maximum absolute atomic E-state index is 5.17. The van der Waals surface area contributed by atoms with Crippen LogP contribution < -0.4 is 4.31 Å². The van der Waals surface area contributed by atoms with E-state index in [9.17, 15) is 0 Å². The third-order valence-electron chi connectivity index (χ3n) is 1.94. The normalized spacial score (nSPS) is 22.7. The van der Waals surface area contributed by atoms with Crippen molar-refractivity contribution in [2.75, 3.05) is 6.54 Å². The number of hydrogen-bond acceptors (Lipinski definition) is 1. The van der Waals surface area contributed by atoms with Crippen molar-refractivity contribution >= 4 is 18.5 Å². The van der Waals surface area contributed by atoms with Crippen molar-refractivity contribution in [1.82, 2.24) is 0 Å². The molecule has 0 bridgehead atoms. The molecule has 1 heterocycles. The van der Waals surface area contributed by atoms with E-state index in [0.717, 1.165) is 17.3 Å². The highest BCUT2D eigenvalue weighted by atomic mass is 32.1. The summed E-state index contributed by atoms with van der Waals surface area (Å²) in [6, 6.07) is 8.41. The van der Waals surface area contributed by atoms with Crippen LogP contribution in [0.1, 0.15) is 5.56 Å². The van der Waals surface area contributed by atoms with E-state index in [1.807, 2.05) is 0 Å². The van der Waals surface area contributed by atoms with Gasteiger partial charge in [0.1, 0.15) is 5.69 Å². The molecule has 0 spiro atoms. The number of fused-ring (bicyclic) bond motifs is 1. The molecule has 2 heteroatoms. The Balaban J connectivity index is 2.51. The van der Waals surface area contributed by atoms with Gasteiger partial charge in [0.25, 0.3) is 0 Å². The third kappa shape index (κ3) is 0.842. The smallest absolute Gasteiger partial charge is 0.116 e. The molecular formula is C8H9NS. The van der Waals surface area contributed by atoms with Gasteiger partial charge in [-0.25, -0.2) is 0 Å². The molecule has 1 aromatic carbocycles. The van der Waals surface area contributed by atoms with Crippen LogP contribution in [0.4, 0.5) is 5.69 Å². The number of nitrogens with one attached hydrogen (secondary N) is 1. The van der Waals surface area contributed by atoms with Gasteiger partial charge in [0, 0.05) is 12.0 Å². The van der Waals surface area contributed by atoms with Crippen molar-refractivity contribution in [2.24, 2.45) is 0 Å². The summed E-state index contributed by atoms with van der Waals surface area (Å²) < 4.78 is 1.13. The first kappa shape index (κ1) is 6.25. The molecule has 1 N–H and O–H groups in total. The fourth-order valence-corrected chi connectivity index (χ4v) is 1.69. The van der Waals surface area contributed by atoms with Gasteiger partial charge in [0.15, 0.2) is 0 Å². The zero-order valence-corrected chi connectivity index (χ0v) is 6.45. The number of rotatable bonds is 0. The predicted octanol–water partition coefficient (Wildman–Crippen LogP) is 0.221. The molecule has 0 aromatic heterocycles. The van der Waals surface area contributed by atoms with Crippen LogP contribution in [0.15, 0.2) is 24.3 Å². The Labute approximate surface area is 66.2 Å². The van der Waals surface area contributed by atoms with E-state index in [1.165, 1.54) is 11.3 Å². The lowest BCUT2D eigenvalue weighted by Gasteiger charge is -2.15. The number of hydrogen-bond donors (Lipinski definition) is 1. The van der Waals surface area contributed by atoms with Gasteiger partial charge < -0.3 is 17.1 Å². The summed E-state index contributed by atoms with van der Waals surface area (Å²) in [7, 11) is 0. The average molecular weight is 151 g/mol. The van der Waals surface area contributed by atoms with Crippen LogP contribution >= 0.6 is 0 Å². The van der Waals surface area contributed by atoms with E-state index in [-0.39, 0.29) is 0 Å². The molecule has 2 rings (SSSR count). The highest BCUT2D eigenvalue weighted by Crippen LogP contribution is 2.14. The summed E-state index contributed by atoms with van der Waals surface area (Å²) in [5, 5.41) is 0. The van der Waals surface area contributed by atoms with Crippen molar-refractivity contribution in [3.8, 4) is 0 Å². The van der Waals surface area contributed by atoms with Crippen LogP contribution in [0.3, 0.4) is 0 Å². The standard InChI is InChI=1S/C8H9NS/c10-9-6-5-7-3-1-2-4-8(7)9/h1-4,9H,5-6H2. The number of quaternary nitrogens is 1. The van der Waals surface area contributed by atoms with E-state index in [1.54, 1.807) is 0 Å². The largest absolute Gasteiger partial charge is 0.490 e. The van der Waals surface area contributed by atoms with Gasteiger partial charge in [0.05, 0.1) is 6.54 Å². The fraction of sp³-hybridized carbons (Fsp3) is 0.250. The molecule has 1 aliphatic heterocycles. The maximum Gasteiger partial charge on any atom is 0.116 e. The Bertz CT molecular complexity index is 247. The summed E-state index contributed by atoms with van der Waals surface area (Å²) in [6.07, 6.45) is 1.15. The average Bonchev–Trinajstić information content (AvgIpc) is 2.34. The molecule has 10 heavy (non-hydrogen) atoms. The lowest BCUT2D eigenvalue weighted by Crippen LogP contribution is -3.00. The number of para-hydroxylation sites is 1. The molecule has 0 saturated heterocycles. The predicted molar refractivity (Wildman–Crippen MR) is 43.0 cm³/mol. The molecule has 52 valence electrons. The minimum Gasteiger partial charge on any atom is -0.490 e. The summed E-state index contributed by atoms with van der Waals surface area (Å²) in [5.41, 5.74) is 2.73. The molecule has 1 aromatic rings. The van der Waals surface area contributed by atoms with Crippen molar-refractivity contribution < 1.29 is 4.31 Å². The topological polar surface area (TPSA) is 4.44 Å². The van der Waals surface area contributed by atoms with Gasteiger partial charge >= 0.3 is 0 Å². The summed E-state index contributed by atoms with van der Waals surface area (Å²) in [5.74, 6) is 0. The van der Waals surface area contributed by atoms with E-state index in [2.05, 4.69) is 24.3 Å². The monoisotopic (exact) mass is 151 g/mol. The highest BCUT2D eigenvalue weighted by molar-refractivity contribution is 7.51. The summed E-state index contributed by atoms with van der Waals surface area (Å²) >= 11 is 5.17. The minimum absolute atomic E-state index is 1.08. The van der Waals surface area contributed by atoms with Crippen LogP contribution in [-0.2, 0) is 19.2 Å². The molecule has 0 amide bonds. The Kier molecular flexibility index (Phi) is 1.43. The summed E-state index contributed by atoms with van der Waals surface area (Å²) in [4.78, 5) is 0. The van der Waals surface area contributed by atoms with E-state index < -0.39 is 0 Å². The molecule has 0 saturated carbocycles. The summed E-state index contributed by atoms with van der Waals surface area (Å²) in [6.45, 7) is 1.08. The maximum atomic E-state index is 5.17. The first-order chi connectivity index (χ1) is 4.88. The lowest BCUT2D eigenvalue weighted by atomic mass is 10.2. The van der Waals surface area contributed by atoms with Crippen LogP contribution in [0.25, 0.3) is 0 Å². The third-order valence-corrected chi connectivity index (χ3v) is 2.36. The van der Waals surface area contributed by atoms with E-state index in [4.69, 9.17) is 12.8 Å². The SMILES string of the molecule is [S-][NH+]1CCc2ccccc21. The van der Waals surface area contributed by atoms with Gasteiger partial charge in [-0.15, -0.1) is 0 Å². The Hall–Kier alpha value is -0.470. The second-order valence-electron chi connectivity index (χ2n) is 2.58. The molecule has 1 nitrogen and oxygen atoms in total. The first-order valence-corrected chi connectivity index (χ1v) is 3.90. The minimum atomic E-state index is 1.08. The van der Waals surface area contributed by atoms with Crippen molar-refractivity contribution in [3.63, 3.8) is 0 Å². The molecule has 1 atom stereocenters. The molecule has 1 unspecified atom stereocenters. The molecule has 0 aliphatic carbocycles. The lowest BCUT2D eigenvalue weighted by molar-refractivity contribution is -0.667. The first-order valence-electron chi connectivity index (χ1n) is 3.49. The van der Waals surface area contributed by atoms with Crippen molar-refractivity contribution in [1.29, 1.82) is 0 Å². The fourth-order valence-electron chi connectivity index (χ4n) is 1.39. The second kappa shape index (κ2) is 2.29. The van der Waals surface area contributed by atoms with Gasteiger partial charge in [0.2, 0.25) is 0 Å². The molecule has 0 fully saturated rings. The Morgan fingerprint density at radius 3 is 2.90 bits per heavy atom. The van der Waals surface area contributed by atoms with Gasteiger partial charge in [-0.3, -0.25) is 0 Å². The van der Waals surface area contributed by atoms with Crippen molar-refractivity contribution in [3.05, 3.63) is 29.8 Å². The van der Waals surface area contributed by atoms with Crippen molar-refractivity contribution in [2.45, 2.75) is 6.42 Å². The van der Waals surface area contributed by atoms with Crippen LogP contribution in [0.5, 0.6) is 0 Å². The molecule has 0 radical (unpaired) electrons. The van der Waals surface area contributed by atoms with E-state index in [0.29, 0.717) is 0 Å². The quantitative estimate of drug-likeness (QED) is 0.520.